The van der Waals surface area contributed by atoms with Crippen LogP contribution in [0, 0.1) is 5.92 Å². The molecular weight excluding hydrogens is 402 g/mol. The molecular formula is C22H29N3O4S. The molecule has 3 aliphatic heterocycles. The van der Waals surface area contributed by atoms with E-state index >= 15 is 0 Å². The lowest BCUT2D eigenvalue weighted by molar-refractivity contribution is -0.135. The third-order valence-corrected chi connectivity index (χ3v) is 7.08. The maximum atomic E-state index is 13.1. The monoisotopic (exact) mass is 431 g/mol. The zero-order valence-electron chi connectivity index (χ0n) is 17.5. The van der Waals surface area contributed by atoms with Gasteiger partial charge in [0.1, 0.15) is 0 Å². The van der Waals surface area contributed by atoms with Crippen LogP contribution in [0.15, 0.2) is 18.2 Å². The first-order valence-electron chi connectivity index (χ1n) is 10.7. The zero-order chi connectivity index (χ0) is 21.1. The van der Waals surface area contributed by atoms with Crippen molar-refractivity contribution in [3.8, 4) is 0 Å². The Kier molecular flexibility index (Phi) is 6.63. The number of ether oxygens (including phenoxy) is 1. The van der Waals surface area contributed by atoms with E-state index in [0.717, 1.165) is 49.7 Å². The largest absolute Gasteiger partial charge is 0.385 e. The molecule has 0 bridgehead atoms. The van der Waals surface area contributed by atoms with Crippen LogP contribution in [0.3, 0.4) is 0 Å². The van der Waals surface area contributed by atoms with Gasteiger partial charge in [-0.2, -0.15) is 11.8 Å². The highest BCUT2D eigenvalue weighted by molar-refractivity contribution is 7.99. The third-order valence-electron chi connectivity index (χ3n) is 6.14. The fourth-order valence-electron chi connectivity index (χ4n) is 4.59. The Balaban J connectivity index is 1.52. The van der Waals surface area contributed by atoms with E-state index in [1.165, 1.54) is 4.90 Å². The molecule has 0 radical (unpaired) electrons. The summed E-state index contributed by atoms with van der Waals surface area (Å²) >= 11 is 1.89. The standard InChI is InChI=1S/C22H29N3O4S/c1-29-12-4-9-25-21(27)17-6-2-7-18(19(17)22(25)28)24-8-3-5-16(15-24)20(26)23-10-13-30-14-11-23/h2,6-7,16H,3-5,8-15H2,1H3/t16-/m1/s1. The van der Waals surface area contributed by atoms with Gasteiger partial charge in [0.05, 0.1) is 22.7 Å². The maximum absolute atomic E-state index is 13.1. The van der Waals surface area contributed by atoms with Crippen LogP contribution in [0.4, 0.5) is 5.69 Å². The molecule has 0 unspecified atom stereocenters. The quantitative estimate of drug-likeness (QED) is 0.508. The molecule has 0 aliphatic carbocycles. The topological polar surface area (TPSA) is 70.2 Å². The number of benzene rings is 1. The summed E-state index contributed by atoms with van der Waals surface area (Å²) in [6, 6.07) is 5.48. The second kappa shape index (κ2) is 9.39. The highest BCUT2D eigenvalue weighted by atomic mass is 32.2. The first-order chi connectivity index (χ1) is 14.6. The van der Waals surface area contributed by atoms with Gasteiger partial charge in [-0.1, -0.05) is 6.07 Å². The maximum Gasteiger partial charge on any atom is 0.263 e. The number of nitrogens with zero attached hydrogens (tertiary/aromatic N) is 3. The number of fused-ring (bicyclic) bond motifs is 1. The summed E-state index contributed by atoms with van der Waals surface area (Å²) < 4.78 is 5.06. The lowest BCUT2D eigenvalue weighted by Gasteiger charge is -2.37. The first-order valence-corrected chi connectivity index (χ1v) is 11.9. The number of anilines is 1. The molecule has 4 rings (SSSR count). The molecule has 1 aromatic carbocycles. The molecule has 0 saturated carbocycles. The first kappa shape index (κ1) is 21.2. The molecule has 8 heteroatoms. The molecule has 7 nitrogen and oxygen atoms in total. The van der Waals surface area contributed by atoms with Crippen molar-refractivity contribution in [2.45, 2.75) is 19.3 Å². The summed E-state index contributed by atoms with van der Waals surface area (Å²) in [4.78, 5) is 44.4. The number of piperidine rings is 1. The molecule has 3 amide bonds. The van der Waals surface area contributed by atoms with E-state index in [4.69, 9.17) is 4.74 Å². The molecule has 162 valence electrons. The second-order valence-electron chi connectivity index (χ2n) is 8.03. The van der Waals surface area contributed by atoms with Gasteiger partial charge in [0.15, 0.2) is 0 Å². The highest BCUT2D eigenvalue weighted by Crippen LogP contribution is 2.34. The van der Waals surface area contributed by atoms with Gasteiger partial charge in [0, 0.05) is 57.9 Å². The van der Waals surface area contributed by atoms with E-state index in [-0.39, 0.29) is 23.6 Å². The van der Waals surface area contributed by atoms with E-state index in [2.05, 4.69) is 4.90 Å². The third kappa shape index (κ3) is 4.07. The van der Waals surface area contributed by atoms with Crippen LogP contribution in [0.2, 0.25) is 0 Å². The van der Waals surface area contributed by atoms with Crippen molar-refractivity contribution < 1.29 is 19.1 Å². The Morgan fingerprint density at radius 1 is 1.17 bits per heavy atom. The Bertz CT molecular complexity index is 825. The van der Waals surface area contributed by atoms with Crippen molar-refractivity contribution in [1.29, 1.82) is 0 Å². The van der Waals surface area contributed by atoms with Crippen LogP contribution >= 0.6 is 11.8 Å². The summed E-state index contributed by atoms with van der Waals surface area (Å²) in [7, 11) is 1.61. The van der Waals surface area contributed by atoms with E-state index in [9.17, 15) is 14.4 Å². The van der Waals surface area contributed by atoms with Gasteiger partial charge in [-0.05, 0) is 31.4 Å². The van der Waals surface area contributed by atoms with Crippen LogP contribution in [0.5, 0.6) is 0 Å². The van der Waals surface area contributed by atoms with Gasteiger partial charge in [-0.25, -0.2) is 0 Å². The van der Waals surface area contributed by atoms with E-state index < -0.39 is 0 Å². The van der Waals surface area contributed by atoms with Crippen LogP contribution in [-0.2, 0) is 9.53 Å². The van der Waals surface area contributed by atoms with Gasteiger partial charge in [-0.15, -0.1) is 0 Å². The average Bonchev–Trinajstić information content (AvgIpc) is 3.04. The molecule has 3 aliphatic rings. The normalized spacial score (nSPS) is 21.9. The second-order valence-corrected chi connectivity index (χ2v) is 9.26. The Labute approximate surface area is 181 Å². The van der Waals surface area contributed by atoms with Gasteiger partial charge in [0.2, 0.25) is 5.91 Å². The lowest BCUT2D eigenvalue weighted by atomic mass is 9.94. The summed E-state index contributed by atoms with van der Waals surface area (Å²) in [5, 5.41) is 0. The van der Waals surface area contributed by atoms with Crippen LogP contribution < -0.4 is 4.90 Å². The molecule has 0 N–H and O–H groups in total. The van der Waals surface area contributed by atoms with Crippen LogP contribution in [0.25, 0.3) is 0 Å². The van der Waals surface area contributed by atoms with Crippen molar-refractivity contribution in [2.24, 2.45) is 5.92 Å². The van der Waals surface area contributed by atoms with Crippen LogP contribution in [-0.4, -0.2) is 85.5 Å². The minimum atomic E-state index is -0.233. The summed E-state index contributed by atoms with van der Waals surface area (Å²) in [6.45, 7) is 3.90. The molecule has 0 spiro atoms. The van der Waals surface area contributed by atoms with Crippen molar-refractivity contribution in [3.05, 3.63) is 29.3 Å². The van der Waals surface area contributed by atoms with Gasteiger partial charge in [0.25, 0.3) is 11.8 Å². The highest BCUT2D eigenvalue weighted by Gasteiger charge is 2.39. The summed E-state index contributed by atoms with van der Waals surface area (Å²) in [5.41, 5.74) is 1.74. The predicted octanol–water partition coefficient (Wildman–Crippen LogP) is 2.11. The fourth-order valence-corrected chi connectivity index (χ4v) is 5.49. The van der Waals surface area contributed by atoms with E-state index in [1.54, 1.807) is 13.2 Å². The van der Waals surface area contributed by atoms with E-state index in [1.807, 2.05) is 28.8 Å². The predicted molar refractivity (Wildman–Crippen MR) is 117 cm³/mol. The number of methoxy groups -OCH3 is 1. The molecule has 0 aromatic heterocycles. The minimum absolute atomic E-state index is 0.0530. The number of hydrogen-bond donors (Lipinski definition) is 0. The minimum Gasteiger partial charge on any atom is -0.385 e. The van der Waals surface area contributed by atoms with Crippen molar-refractivity contribution in [1.82, 2.24) is 9.80 Å². The zero-order valence-corrected chi connectivity index (χ0v) is 18.3. The van der Waals surface area contributed by atoms with Gasteiger partial charge >= 0.3 is 0 Å². The number of carbonyl (C=O) groups is 3. The molecule has 1 aromatic rings. The Hall–Kier alpha value is -2.06. The molecule has 3 heterocycles. The Morgan fingerprint density at radius 3 is 2.73 bits per heavy atom. The van der Waals surface area contributed by atoms with Crippen molar-refractivity contribution in [2.75, 3.05) is 62.8 Å². The number of carbonyl (C=O) groups excluding carboxylic acids is 3. The van der Waals surface area contributed by atoms with E-state index in [0.29, 0.717) is 37.2 Å². The smallest absolute Gasteiger partial charge is 0.263 e. The lowest BCUT2D eigenvalue weighted by Crippen LogP contribution is -2.47. The number of thioether (sulfide) groups is 1. The molecule has 30 heavy (non-hydrogen) atoms. The molecule has 1 atom stereocenters. The van der Waals surface area contributed by atoms with Crippen LogP contribution in [0.1, 0.15) is 40.0 Å². The SMILES string of the molecule is COCCCN1C(=O)c2cccc(N3CCC[C@@H](C(=O)N4CCSCC4)C3)c2C1=O. The summed E-state index contributed by atoms with van der Waals surface area (Å²) in [5.74, 6) is 1.72. The number of rotatable bonds is 6. The summed E-state index contributed by atoms with van der Waals surface area (Å²) in [6.07, 6.45) is 2.40. The van der Waals surface area contributed by atoms with Crippen molar-refractivity contribution in [3.63, 3.8) is 0 Å². The van der Waals surface area contributed by atoms with Crippen molar-refractivity contribution >= 4 is 35.2 Å². The number of hydrogen-bond acceptors (Lipinski definition) is 6. The Morgan fingerprint density at radius 2 is 1.97 bits per heavy atom. The molecule has 2 fully saturated rings. The number of amides is 3. The fraction of sp³-hybridized carbons (Fsp3) is 0.591. The average molecular weight is 432 g/mol. The molecule has 2 saturated heterocycles. The number of imide groups is 1. The van der Waals surface area contributed by atoms with Gasteiger partial charge < -0.3 is 14.5 Å². The van der Waals surface area contributed by atoms with Gasteiger partial charge in [-0.3, -0.25) is 19.3 Å².